The van der Waals surface area contributed by atoms with Crippen molar-refractivity contribution in [1.82, 2.24) is 9.80 Å². The quantitative estimate of drug-likeness (QED) is 0.0784. The van der Waals surface area contributed by atoms with Gasteiger partial charge in [0.15, 0.2) is 0 Å². The van der Waals surface area contributed by atoms with E-state index < -0.39 is 17.3 Å². The summed E-state index contributed by atoms with van der Waals surface area (Å²) >= 11 is 0. The average Bonchev–Trinajstić information content (AvgIpc) is 3.41. The number of piperidine rings is 2. The molecule has 2 atom stereocenters. The van der Waals surface area contributed by atoms with Crippen LogP contribution in [0, 0.1) is 11.8 Å². The minimum Gasteiger partial charge on any atom is -0.458 e. The van der Waals surface area contributed by atoms with Crippen LogP contribution in [0.2, 0.25) is 0 Å². The first kappa shape index (κ1) is 55.3. The minimum atomic E-state index is -0.992. The molecule has 7 heteroatoms. The summed E-state index contributed by atoms with van der Waals surface area (Å²) in [6.45, 7) is 20.5. The highest BCUT2D eigenvalue weighted by Gasteiger charge is 2.43. The Kier molecular flexibility index (Phi) is 19.1. The van der Waals surface area contributed by atoms with Crippen molar-refractivity contribution in [3.63, 3.8) is 0 Å². The molecule has 3 N–H and O–H groups in total. The van der Waals surface area contributed by atoms with Crippen molar-refractivity contribution in [2.24, 2.45) is 11.8 Å². The standard InChI is InChI=1S/C34H43NO3.C32H41NO2/c1-26(36)38-32(27-17-19-28(20-18-27)33(2,3)4)16-11-23-35-24-21-31(22-25-35)34(37,29-12-7-5-8-13-29)30-14-9-6-10-15-30;1-31(2,3)26-18-16-25(17-19-26)30(34)15-10-22-33-23-20-29(21-24-33)32(35,27-11-6-4-7-12-27)28-13-8-5-9-14-28/h5-10,12-15,17-20,31-32,37H,11,16,21-25H2,1-4H3;4-9,11-14,16-19,29-30,34-35H,10,15,20-24H2,1-3H3/t32-;30-/m11/s1. The van der Waals surface area contributed by atoms with Crippen molar-refractivity contribution < 1.29 is 24.9 Å². The molecule has 388 valence electrons. The van der Waals surface area contributed by atoms with E-state index in [1.807, 2.05) is 97.1 Å². The van der Waals surface area contributed by atoms with Crippen molar-refractivity contribution >= 4 is 5.97 Å². The van der Waals surface area contributed by atoms with Gasteiger partial charge in [-0.3, -0.25) is 4.79 Å². The molecule has 7 nitrogen and oxygen atoms in total. The normalized spacial score (nSPS) is 16.5. The Labute approximate surface area is 438 Å². The van der Waals surface area contributed by atoms with Crippen molar-refractivity contribution in [1.29, 1.82) is 0 Å². The monoisotopic (exact) mass is 985 g/mol. The van der Waals surface area contributed by atoms with Crippen LogP contribution in [0.3, 0.4) is 0 Å². The lowest BCUT2D eigenvalue weighted by molar-refractivity contribution is -0.147. The van der Waals surface area contributed by atoms with Gasteiger partial charge >= 0.3 is 5.97 Å². The number of carbonyl (C=O) groups is 1. The van der Waals surface area contributed by atoms with Crippen molar-refractivity contribution in [2.45, 2.75) is 134 Å². The maximum Gasteiger partial charge on any atom is 0.303 e. The van der Waals surface area contributed by atoms with Crippen LogP contribution in [-0.2, 0) is 31.6 Å². The average molecular weight is 985 g/mol. The van der Waals surface area contributed by atoms with Gasteiger partial charge in [0.25, 0.3) is 0 Å². The molecular formula is C66H84N2O5. The highest BCUT2D eigenvalue weighted by Crippen LogP contribution is 2.44. The molecular weight excluding hydrogens is 901 g/mol. The third-order valence-corrected chi connectivity index (χ3v) is 15.7. The second kappa shape index (κ2) is 25.2. The molecule has 0 bridgehead atoms. The van der Waals surface area contributed by atoms with Crippen molar-refractivity contribution in [2.75, 3.05) is 39.3 Å². The number of hydrogen-bond donors (Lipinski definition) is 3. The minimum absolute atomic E-state index is 0.0920. The molecule has 0 amide bonds. The Morgan fingerprint density at radius 3 is 1.11 bits per heavy atom. The first-order valence-corrected chi connectivity index (χ1v) is 27.1. The summed E-state index contributed by atoms with van der Waals surface area (Å²) in [6.07, 6.45) is 6.62. The van der Waals surface area contributed by atoms with Crippen LogP contribution in [-0.4, -0.2) is 70.4 Å². The fourth-order valence-electron chi connectivity index (χ4n) is 11.3. The summed E-state index contributed by atoms with van der Waals surface area (Å²) in [4.78, 5) is 16.8. The van der Waals surface area contributed by atoms with Crippen LogP contribution in [0.1, 0.15) is 157 Å². The molecule has 2 heterocycles. The fraction of sp³-hybridized carbons (Fsp3) is 0.439. The van der Waals surface area contributed by atoms with E-state index in [1.165, 1.54) is 18.1 Å². The molecule has 0 aromatic heterocycles. The van der Waals surface area contributed by atoms with Gasteiger partial charge in [-0.2, -0.15) is 0 Å². The zero-order valence-electron chi connectivity index (χ0n) is 44.9. The molecule has 73 heavy (non-hydrogen) atoms. The summed E-state index contributed by atoms with van der Waals surface area (Å²) in [6, 6.07) is 57.4. The number of benzene rings is 6. The first-order chi connectivity index (χ1) is 35.0. The number of hydrogen-bond acceptors (Lipinski definition) is 7. The summed E-state index contributed by atoms with van der Waals surface area (Å²) < 4.78 is 5.72. The topological polar surface area (TPSA) is 93.5 Å². The SMILES string of the molecule is CC(=O)O[C@H](CCCN1CCC(C(O)(c2ccccc2)c2ccccc2)CC1)c1ccc(C(C)(C)C)cc1.CC(C)(C)c1ccc([C@H](O)CCCN2CCC(C(O)(c3ccccc3)c3ccccc3)CC2)cc1. The second-order valence-electron chi connectivity index (χ2n) is 22.9. The Balaban J connectivity index is 0.000000214. The van der Waals surface area contributed by atoms with E-state index in [2.05, 4.69) is 124 Å². The van der Waals surface area contributed by atoms with Gasteiger partial charge in [-0.15, -0.1) is 0 Å². The van der Waals surface area contributed by atoms with Crippen LogP contribution in [0.25, 0.3) is 0 Å². The number of ether oxygens (including phenoxy) is 1. The molecule has 0 unspecified atom stereocenters. The molecule has 6 aromatic rings. The summed E-state index contributed by atoms with van der Waals surface area (Å²) in [5, 5.41) is 34.9. The molecule has 2 fully saturated rings. The Morgan fingerprint density at radius 1 is 0.479 bits per heavy atom. The highest BCUT2D eigenvalue weighted by molar-refractivity contribution is 5.66. The lowest BCUT2D eigenvalue weighted by atomic mass is 9.72. The molecule has 8 rings (SSSR count). The van der Waals surface area contributed by atoms with Gasteiger partial charge in [-0.05, 0) is 158 Å². The molecule has 0 radical (unpaired) electrons. The molecule has 2 aliphatic rings. The summed E-state index contributed by atoms with van der Waals surface area (Å²) in [7, 11) is 0. The third-order valence-electron chi connectivity index (χ3n) is 15.7. The molecule has 0 spiro atoms. The molecule has 0 saturated carbocycles. The summed E-state index contributed by atoms with van der Waals surface area (Å²) in [5.74, 6) is 0.0889. The molecule has 2 saturated heterocycles. The zero-order valence-corrected chi connectivity index (χ0v) is 44.9. The van der Waals surface area contributed by atoms with Gasteiger partial charge in [0.05, 0.1) is 6.10 Å². The van der Waals surface area contributed by atoms with Crippen LogP contribution in [0.15, 0.2) is 170 Å². The van der Waals surface area contributed by atoms with Crippen LogP contribution >= 0.6 is 0 Å². The molecule has 0 aliphatic carbocycles. The first-order valence-electron chi connectivity index (χ1n) is 27.1. The maximum absolute atomic E-state index is 12.1. The Hall–Kier alpha value is -5.41. The van der Waals surface area contributed by atoms with Gasteiger partial charge in [0.2, 0.25) is 0 Å². The fourth-order valence-corrected chi connectivity index (χ4v) is 11.3. The number of likely N-dealkylation sites (tertiary alicyclic amines) is 2. The van der Waals surface area contributed by atoms with E-state index in [0.29, 0.717) is 0 Å². The maximum atomic E-state index is 12.1. The third kappa shape index (κ3) is 14.5. The van der Waals surface area contributed by atoms with Gasteiger partial charge < -0.3 is 29.9 Å². The predicted octanol–water partition coefficient (Wildman–Crippen LogP) is 13.5. The smallest absolute Gasteiger partial charge is 0.303 e. The Bertz CT molecular complexity index is 2460. The number of nitrogens with zero attached hydrogens (tertiary/aromatic N) is 2. The largest absolute Gasteiger partial charge is 0.458 e. The van der Waals surface area contributed by atoms with Crippen molar-refractivity contribution in [3.8, 4) is 0 Å². The van der Waals surface area contributed by atoms with Crippen LogP contribution in [0.4, 0.5) is 0 Å². The van der Waals surface area contributed by atoms with E-state index in [0.717, 1.165) is 124 Å². The van der Waals surface area contributed by atoms with Gasteiger partial charge in [-0.25, -0.2) is 0 Å². The summed E-state index contributed by atoms with van der Waals surface area (Å²) in [5.41, 5.74) is 6.78. The lowest BCUT2D eigenvalue weighted by Crippen LogP contribution is -2.44. The number of carbonyl (C=O) groups excluding carboxylic acids is 1. The van der Waals surface area contributed by atoms with Gasteiger partial charge in [0, 0.05) is 6.92 Å². The van der Waals surface area contributed by atoms with Gasteiger partial charge in [0.1, 0.15) is 17.3 Å². The molecule has 6 aromatic carbocycles. The Morgan fingerprint density at radius 2 is 0.795 bits per heavy atom. The van der Waals surface area contributed by atoms with Crippen LogP contribution < -0.4 is 0 Å². The number of rotatable bonds is 17. The van der Waals surface area contributed by atoms with Crippen LogP contribution in [0.5, 0.6) is 0 Å². The molecule has 2 aliphatic heterocycles. The van der Waals surface area contributed by atoms with Gasteiger partial charge in [-0.1, -0.05) is 211 Å². The van der Waals surface area contributed by atoms with E-state index in [-0.39, 0.29) is 34.7 Å². The van der Waals surface area contributed by atoms with E-state index in [1.54, 1.807) is 0 Å². The van der Waals surface area contributed by atoms with E-state index >= 15 is 0 Å². The highest BCUT2D eigenvalue weighted by atomic mass is 16.5. The van der Waals surface area contributed by atoms with E-state index in [4.69, 9.17) is 4.74 Å². The van der Waals surface area contributed by atoms with E-state index in [9.17, 15) is 20.1 Å². The number of aliphatic hydroxyl groups excluding tert-OH is 1. The zero-order chi connectivity index (χ0) is 52.1. The number of aliphatic hydroxyl groups is 3. The lowest BCUT2D eigenvalue weighted by Gasteiger charge is -2.42. The van der Waals surface area contributed by atoms with Crippen molar-refractivity contribution in [3.05, 3.63) is 214 Å². The second-order valence-corrected chi connectivity index (χ2v) is 22.9. The predicted molar refractivity (Wildman–Crippen MR) is 298 cm³/mol. The number of esters is 1.